The highest BCUT2D eigenvalue weighted by atomic mass is 19.1. The summed E-state index contributed by atoms with van der Waals surface area (Å²) in [6.45, 7) is 3.27. The van der Waals surface area contributed by atoms with Gasteiger partial charge in [-0.25, -0.2) is 9.37 Å². The Hall–Kier alpha value is -1.43. The number of piperidine rings is 1. The van der Waals surface area contributed by atoms with Crippen molar-refractivity contribution < 1.29 is 4.39 Å². The number of nitrogens with one attached hydrogen (secondary N) is 2. The second-order valence-corrected chi connectivity index (χ2v) is 6.46. The van der Waals surface area contributed by atoms with Gasteiger partial charge in [0, 0.05) is 26.2 Å². The molecule has 5 nitrogen and oxygen atoms in total. The summed E-state index contributed by atoms with van der Waals surface area (Å²) in [5.41, 5.74) is 0. The number of aromatic nitrogens is 2. The molecule has 2 N–H and O–H groups in total. The van der Waals surface area contributed by atoms with Crippen LogP contribution in [0.15, 0.2) is 6.20 Å². The number of anilines is 2. The predicted molar refractivity (Wildman–Crippen MR) is 86.6 cm³/mol. The number of likely N-dealkylation sites (tertiary alicyclic amines) is 1. The average molecular weight is 307 g/mol. The molecule has 2 fully saturated rings. The zero-order chi connectivity index (χ0) is 15.4. The minimum Gasteiger partial charge on any atom is -0.371 e. The van der Waals surface area contributed by atoms with Crippen LogP contribution in [0.3, 0.4) is 0 Å². The summed E-state index contributed by atoms with van der Waals surface area (Å²) in [6, 6.07) is 0.806. The van der Waals surface area contributed by atoms with Crippen molar-refractivity contribution in [1.82, 2.24) is 14.9 Å². The third kappa shape index (κ3) is 3.66. The Morgan fingerprint density at radius 3 is 2.86 bits per heavy atom. The fourth-order valence-electron chi connectivity index (χ4n) is 3.73. The third-order valence-corrected chi connectivity index (χ3v) is 4.92. The summed E-state index contributed by atoms with van der Waals surface area (Å²) >= 11 is 0. The lowest BCUT2D eigenvalue weighted by atomic mass is 9.96. The standard InChI is InChI=1S/C16H26FN5/c1-18-15-14(17)10-20-16(21-15)19-9-12-5-4-8-22(11-12)13-6-2-3-7-13/h10,12-13H,2-9,11H2,1H3,(H2,18,19,20,21). The first kappa shape index (κ1) is 15.5. The zero-order valence-corrected chi connectivity index (χ0v) is 13.3. The molecular formula is C16H26FN5. The molecule has 2 aliphatic rings. The Balaban J connectivity index is 1.52. The summed E-state index contributed by atoms with van der Waals surface area (Å²) in [4.78, 5) is 10.8. The van der Waals surface area contributed by atoms with E-state index in [1.807, 2.05) is 0 Å². The molecule has 1 aliphatic carbocycles. The monoisotopic (exact) mass is 307 g/mol. The molecule has 1 unspecified atom stereocenters. The van der Waals surface area contributed by atoms with E-state index in [-0.39, 0.29) is 5.82 Å². The van der Waals surface area contributed by atoms with E-state index in [0.29, 0.717) is 11.9 Å². The summed E-state index contributed by atoms with van der Waals surface area (Å²) in [5.74, 6) is 0.955. The van der Waals surface area contributed by atoms with E-state index in [4.69, 9.17) is 0 Å². The number of hydrogen-bond acceptors (Lipinski definition) is 5. The maximum absolute atomic E-state index is 13.4. The quantitative estimate of drug-likeness (QED) is 0.876. The molecular weight excluding hydrogens is 281 g/mol. The van der Waals surface area contributed by atoms with Crippen LogP contribution in [-0.2, 0) is 0 Å². The number of hydrogen-bond donors (Lipinski definition) is 2. The smallest absolute Gasteiger partial charge is 0.224 e. The lowest BCUT2D eigenvalue weighted by molar-refractivity contribution is 0.129. The van der Waals surface area contributed by atoms with Crippen LogP contribution >= 0.6 is 0 Å². The van der Waals surface area contributed by atoms with Gasteiger partial charge in [0.15, 0.2) is 11.6 Å². The molecule has 1 aromatic rings. The Morgan fingerprint density at radius 2 is 2.09 bits per heavy atom. The molecule has 0 amide bonds. The van der Waals surface area contributed by atoms with Gasteiger partial charge >= 0.3 is 0 Å². The van der Waals surface area contributed by atoms with Gasteiger partial charge in [0.25, 0.3) is 0 Å². The molecule has 0 radical (unpaired) electrons. The second kappa shape index (κ2) is 7.22. The molecule has 1 aromatic heterocycles. The van der Waals surface area contributed by atoms with E-state index in [0.717, 1.165) is 19.1 Å². The Morgan fingerprint density at radius 1 is 1.27 bits per heavy atom. The average Bonchev–Trinajstić information content (AvgIpc) is 3.09. The fourth-order valence-corrected chi connectivity index (χ4v) is 3.73. The van der Waals surface area contributed by atoms with Crippen LogP contribution in [0.2, 0.25) is 0 Å². The molecule has 0 bridgehead atoms. The van der Waals surface area contributed by atoms with Gasteiger partial charge in [0.05, 0.1) is 6.20 Å². The van der Waals surface area contributed by atoms with E-state index >= 15 is 0 Å². The van der Waals surface area contributed by atoms with Crippen molar-refractivity contribution in [2.24, 2.45) is 5.92 Å². The van der Waals surface area contributed by atoms with Crippen molar-refractivity contribution in [3.8, 4) is 0 Å². The summed E-state index contributed by atoms with van der Waals surface area (Å²) in [7, 11) is 1.66. The van der Waals surface area contributed by atoms with Crippen molar-refractivity contribution in [3.63, 3.8) is 0 Å². The molecule has 2 heterocycles. The maximum atomic E-state index is 13.4. The molecule has 1 saturated heterocycles. The van der Waals surface area contributed by atoms with Crippen LogP contribution in [0.25, 0.3) is 0 Å². The molecule has 6 heteroatoms. The Kier molecular flexibility index (Phi) is 5.08. The Bertz CT molecular complexity index is 489. The highest BCUT2D eigenvalue weighted by Crippen LogP contribution is 2.28. The van der Waals surface area contributed by atoms with Crippen molar-refractivity contribution in [1.29, 1.82) is 0 Å². The van der Waals surface area contributed by atoms with E-state index in [1.165, 1.54) is 51.3 Å². The van der Waals surface area contributed by atoms with Crippen LogP contribution in [-0.4, -0.2) is 47.6 Å². The Labute approximate surface area is 131 Å². The van der Waals surface area contributed by atoms with Gasteiger partial charge in [0.1, 0.15) is 0 Å². The molecule has 1 saturated carbocycles. The van der Waals surface area contributed by atoms with Crippen molar-refractivity contribution >= 4 is 11.8 Å². The number of halogens is 1. The first-order valence-corrected chi connectivity index (χ1v) is 8.44. The minimum atomic E-state index is -0.418. The van der Waals surface area contributed by atoms with E-state index < -0.39 is 5.82 Å². The second-order valence-electron chi connectivity index (χ2n) is 6.46. The lowest BCUT2D eigenvalue weighted by Gasteiger charge is -2.36. The van der Waals surface area contributed by atoms with Gasteiger partial charge in [0.2, 0.25) is 5.95 Å². The van der Waals surface area contributed by atoms with Crippen LogP contribution in [0, 0.1) is 11.7 Å². The third-order valence-electron chi connectivity index (χ3n) is 4.92. The number of rotatable bonds is 5. The van der Waals surface area contributed by atoms with Gasteiger partial charge in [-0.15, -0.1) is 0 Å². The van der Waals surface area contributed by atoms with Gasteiger partial charge in [-0.1, -0.05) is 12.8 Å². The van der Waals surface area contributed by atoms with Crippen LogP contribution < -0.4 is 10.6 Å². The number of nitrogens with zero attached hydrogens (tertiary/aromatic N) is 3. The predicted octanol–water partition coefficient (Wildman–Crippen LogP) is 2.72. The molecule has 22 heavy (non-hydrogen) atoms. The van der Waals surface area contributed by atoms with E-state index in [9.17, 15) is 4.39 Å². The largest absolute Gasteiger partial charge is 0.371 e. The van der Waals surface area contributed by atoms with Crippen LogP contribution in [0.4, 0.5) is 16.2 Å². The van der Waals surface area contributed by atoms with Gasteiger partial charge in [-0.3, -0.25) is 0 Å². The zero-order valence-electron chi connectivity index (χ0n) is 13.3. The molecule has 1 aliphatic heterocycles. The van der Waals surface area contributed by atoms with Crippen molar-refractivity contribution in [2.45, 2.75) is 44.6 Å². The molecule has 1 atom stereocenters. The molecule has 0 aromatic carbocycles. The molecule has 0 spiro atoms. The highest BCUT2D eigenvalue weighted by Gasteiger charge is 2.27. The van der Waals surface area contributed by atoms with Gasteiger partial charge in [-0.2, -0.15) is 4.98 Å². The maximum Gasteiger partial charge on any atom is 0.224 e. The van der Waals surface area contributed by atoms with Gasteiger partial charge < -0.3 is 15.5 Å². The molecule has 122 valence electrons. The lowest BCUT2D eigenvalue weighted by Crippen LogP contribution is -2.43. The first-order valence-electron chi connectivity index (χ1n) is 8.44. The minimum absolute atomic E-state index is 0.244. The molecule has 3 rings (SSSR count). The normalized spacial score (nSPS) is 23.6. The van der Waals surface area contributed by atoms with Crippen molar-refractivity contribution in [3.05, 3.63) is 12.0 Å². The van der Waals surface area contributed by atoms with Gasteiger partial charge in [-0.05, 0) is 38.1 Å². The summed E-state index contributed by atoms with van der Waals surface area (Å²) in [6.07, 6.45) is 9.25. The highest BCUT2D eigenvalue weighted by molar-refractivity contribution is 5.40. The SMILES string of the molecule is CNc1nc(NCC2CCCN(C3CCCC3)C2)ncc1F. The van der Waals surface area contributed by atoms with E-state index in [1.54, 1.807) is 7.05 Å². The fraction of sp³-hybridized carbons (Fsp3) is 0.750. The summed E-state index contributed by atoms with van der Waals surface area (Å²) in [5, 5.41) is 6.02. The van der Waals surface area contributed by atoms with Crippen LogP contribution in [0.1, 0.15) is 38.5 Å². The first-order chi connectivity index (χ1) is 10.8. The topological polar surface area (TPSA) is 53.1 Å². The van der Waals surface area contributed by atoms with Crippen LogP contribution in [0.5, 0.6) is 0 Å². The summed E-state index contributed by atoms with van der Waals surface area (Å²) < 4.78 is 13.4. The van der Waals surface area contributed by atoms with Crippen molar-refractivity contribution in [2.75, 3.05) is 37.3 Å². The van der Waals surface area contributed by atoms with E-state index in [2.05, 4.69) is 25.5 Å².